The van der Waals surface area contributed by atoms with E-state index >= 15 is 0 Å². The molecule has 5 aromatic heterocycles. The largest absolute Gasteiger partial charge is 0.309 e. The van der Waals surface area contributed by atoms with Crippen molar-refractivity contribution in [1.29, 1.82) is 0 Å². The number of benzene rings is 11. The Morgan fingerprint density at radius 3 is 0.882 bits per heavy atom. The minimum absolute atomic E-state index is 0.642. The first-order chi connectivity index (χ1) is 37.7. The molecule has 0 amide bonds. The van der Waals surface area contributed by atoms with Crippen molar-refractivity contribution < 1.29 is 0 Å². The second-order valence-electron chi connectivity index (χ2n) is 19.8. The zero-order valence-corrected chi connectivity index (χ0v) is 41.1. The van der Waals surface area contributed by atoms with Crippen LogP contribution in [-0.2, 0) is 0 Å². The van der Waals surface area contributed by atoms with Gasteiger partial charge in [0, 0.05) is 66.1 Å². The zero-order chi connectivity index (χ0) is 49.8. The van der Waals surface area contributed by atoms with Crippen LogP contribution >= 0.6 is 0 Å². The molecule has 0 N–H and O–H groups in total. The van der Waals surface area contributed by atoms with Crippen LogP contribution in [0.25, 0.3) is 144 Å². The lowest BCUT2D eigenvalue weighted by Crippen LogP contribution is -2.06. The van der Waals surface area contributed by atoms with Crippen LogP contribution in [-0.4, -0.2) is 28.2 Å². The summed E-state index contributed by atoms with van der Waals surface area (Å²) >= 11 is 0. The Bertz CT molecular complexity index is 4580. The number of hydrogen-bond acceptors (Lipinski definition) is 2. The van der Waals surface area contributed by atoms with Gasteiger partial charge in [0.25, 0.3) is 0 Å². The van der Waals surface area contributed by atoms with Crippen molar-refractivity contribution in [3.63, 3.8) is 0 Å². The fourth-order valence-electron chi connectivity index (χ4n) is 12.2. The number of hydrogen-bond donors (Lipinski definition) is 0. The Hall–Kier alpha value is -10.3. The normalized spacial score (nSPS) is 11.9. The van der Waals surface area contributed by atoms with Crippen LogP contribution in [0.2, 0.25) is 0 Å². The van der Waals surface area contributed by atoms with Gasteiger partial charge in [0.1, 0.15) is 11.6 Å². The molecule has 0 bridgehead atoms. The van der Waals surface area contributed by atoms with E-state index in [4.69, 9.17) is 9.97 Å². The van der Waals surface area contributed by atoms with E-state index in [0.717, 1.165) is 83.3 Å². The fourth-order valence-corrected chi connectivity index (χ4v) is 12.2. The molecule has 0 fully saturated rings. The Morgan fingerprint density at radius 2 is 0.500 bits per heavy atom. The first-order valence-corrected chi connectivity index (χ1v) is 25.9. The molecule has 6 heteroatoms. The van der Waals surface area contributed by atoms with Crippen molar-refractivity contribution in [2.45, 2.75) is 0 Å². The van der Waals surface area contributed by atoms with E-state index in [0.29, 0.717) is 5.82 Å². The molecule has 354 valence electrons. The van der Waals surface area contributed by atoms with Crippen LogP contribution in [0, 0.1) is 0 Å². The van der Waals surface area contributed by atoms with Crippen LogP contribution in [0.3, 0.4) is 0 Å². The summed E-state index contributed by atoms with van der Waals surface area (Å²) in [5.74, 6) is 2.20. The van der Waals surface area contributed by atoms with E-state index in [2.05, 4.69) is 279 Å². The summed E-state index contributed by atoms with van der Waals surface area (Å²) in [6, 6.07) is 96.4. The van der Waals surface area contributed by atoms with E-state index in [1.165, 1.54) is 54.7 Å². The maximum Gasteiger partial charge on any atom is 0.163 e. The molecule has 5 heterocycles. The summed E-state index contributed by atoms with van der Waals surface area (Å²) in [6.45, 7) is 0. The molecule has 0 saturated carbocycles. The van der Waals surface area contributed by atoms with Crippen LogP contribution in [0.15, 0.2) is 267 Å². The maximum absolute atomic E-state index is 5.54. The lowest BCUT2D eigenvalue weighted by atomic mass is 10.0. The lowest BCUT2D eigenvalue weighted by Gasteiger charge is -2.14. The summed E-state index contributed by atoms with van der Waals surface area (Å²) < 4.78 is 9.49. The van der Waals surface area contributed by atoms with Crippen molar-refractivity contribution in [3.8, 4) is 56.7 Å². The molecular formula is C70H44N6. The molecule has 16 rings (SSSR count). The molecule has 0 radical (unpaired) electrons. The SMILES string of the molecule is c1ccc(-c2ccc3c(c2)c2cc(-n4c5ccccc5c5ccccc54)ccc2n3-c2cc(-n3c4ccc(-c5ccccc5)cc4c4cc(-n5c6ccccc6c6ccccc65)ccc43)nc(-c3ccccc3)n2)cc1. The summed E-state index contributed by atoms with van der Waals surface area (Å²) in [7, 11) is 0. The van der Waals surface area contributed by atoms with E-state index in [1.54, 1.807) is 0 Å². The van der Waals surface area contributed by atoms with Gasteiger partial charge >= 0.3 is 0 Å². The molecular weight excluding hydrogens is 925 g/mol. The molecule has 0 aliphatic rings. The van der Waals surface area contributed by atoms with Gasteiger partial charge in [-0.2, -0.15) is 0 Å². The first-order valence-electron chi connectivity index (χ1n) is 25.9. The van der Waals surface area contributed by atoms with E-state index in [1.807, 2.05) is 6.07 Å². The highest BCUT2D eigenvalue weighted by atomic mass is 15.1. The molecule has 76 heavy (non-hydrogen) atoms. The highest BCUT2D eigenvalue weighted by molar-refractivity contribution is 6.15. The molecule has 0 spiro atoms. The molecule has 11 aromatic carbocycles. The second kappa shape index (κ2) is 16.6. The highest BCUT2D eigenvalue weighted by Crippen LogP contribution is 2.42. The molecule has 0 saturated heterocycles. The summed E-state index contributed by atoms with van der Waals surface area (Å²) in [5.41, 5.74) is 16.7. The summed E-state index contributed by atoms with van der Waals surface area (Å²) in [6.07, 6.45) is 0. The third kappa shape index (κ3) is 6.41. The van der Waals surface area contributed by atoms with Crippen molar-refractivity contribution in [2.24, 2.45) is 0 Å². The van der Waals surface area contributed by atoms with E-state index in [-0.39, 0.29) is 0 Å². The van der Waals surface area contributed by atoms with Gasteiger partial charge in [-0.25, -0.2) is 9.97 Å². The third-order valence-corrected chi connectivity index (χ3v) is 15.6. The Balaban J connectivity index is 0.969. The van der Waals surface area contributed by atoms with Gasteiger partial charge in [-0.15, -0.1) is 0 Å². The Kier molecular flexibility index (Phi) is 9.23. The number of nitrogens with zero attached hydrogens (tertiary/aromatic N) is 6. The van der Waals surface area contributed by atoms with Crippen LogP contribution in [0.5, 0.6) is 0 Å². The average molecular weight is 969 g/mol. The zero-order valence-electron chi connectivity index (χ0n) is 41.1. The van der Waals surface area contributed by atoms with Gasteiger partial charge < -0.3 is 9.13 Å². The second-order valence-corrected chi connectivity index (χ2v) is 19.8. The van der Waals surface area contributed by atoms with Gasteiger partial charge in [-0.3, -0.25) is 9.13 Å². The standard InChI is InChI=1S/C70H44N6/c1-4-18-45(19-5-1)48-32-36-64-56(40-48)58-42-50(73-60-28-14-10-24-52(60)53-25-11-15-29-61(53)73)34-38-66(58)75(64)68-44-69(72-70(71-68)47-22-8-3-9-23-47)76-65-37-33-49(46-20-6-2-7-21-46)41-57(65)59-43-51(35-39-67(59)76)74-62-30-16-12-26-54(62)55-27-13-17-31-63(55)74/h1-44H. The summed E-state index contributed by atoms with van der Waals surface area (Å²) in [5, 5.41) is 9.49. The van der Waals surface area contributed by atoms with Crippen LogP contribution < -0.4 is 0 Å². The van der Waals surface area contributed by atoms with Crippen LogP contribution in [0.1, 0.15) is 0 Å². The Morgan fingerprint density at radius 1 is 0.197 bits per heavy atom. The number of fused-ring (bicyclic) bond motifs is 12. The highest BCUT2D eigenvalue weighted by Gasteiger charge is 2.23. The van der Waals surface area contributed by atoms with Crippen molar-refractivity contribution in [1.82, 2.24) is 28.2 Å². The molecule has 0 aliphatic carbocycles. The minimum atomic E-state index is 0.642. The lowest BCUT2D eigenvalue weighted by molar-refractivity contribution is 0.993. The van der Waals surface area contributed by atoms with E-state index < -0.39 is 0 Å². The first kappa shape index (κ1) is 42.2. The topological polar surface area (TPSA) is 45.5 Å². The van der Waals surface area contributed by atoms with Gasteiger partial charge in [0.2, 0.25) is 0 Å². The average Bonchev–Trinajstić information content (AvgIpc) is 4.25. The number of para-hydroxylation sites is 4. The fraction of sp³-hybridized carbons (Fsp3) is 0. The smallest absolute Gasteiger partial charge is 0.163 e. The van der Waals surface area contributed by atoms with E-state index in [9.17, 15) is 0 Å². The molecule has 0 aliphatic heterocycles. The third-order valence-electron chi connectivity index (χ3n) is 15.6. The van der Waals surface area contributed by atoms with Crippen molar-refractivity contribution in [3.05, 3.63) is 267 Å². The quantitative estimate of drug-likeness (QED) is 0.160. The minimum Gasteiger partial charge on any atom is -0.309 e. The van der Waals surface area contributed by atoms with Gasteiger partial charge in [0.15, 0.2) is 5.82 Å². The van der Waals surface area contributed by atoms with Gasteiger partial charge in [-0.05, 0) is 107 Å². The molecule has 0 atom stereocenters. The van der Waals surface area contributed by atoms with Crippen molar-refractivity contribution in [2.75, 3.05) is 0 Å². The monoisotopic (exact) mass is 968 g/mol. The Labute approximate surface area is 436 Å². The predicted octanol–water partition coefficient (Wildman–Crippen LogP) is 17.9. The molecule has 6 nitrogen and oxygen atoms in total. The van der Waals surface area contributed by atoms with Gasteiger partial charge in [-0.1, -0.05) is 176 Å². The van der Waals surface area contributed by atoms with Gasteiger partial charge in [0.05, 0.1) is 44.1 Å². The van der Waals surface area contributed by atoms with Crippen molar-refractivity contribution >= 4 is 87.2 Å². The molecule has 0 unspecified atom stereocenters. The van der Waals surface area contributed by atoms with Crippen LogP contribution in [0.4, 0.5) is 0 Å². The maximum atomic E-state index is 5.54. The number of aromatic nitrogens is 6. The number of rotatable bonds is 7. The predicted molar refractivity (Wildman–Crippen MR) is 316 cm³/mol. The summed E-state index contributed by atoms with van der Waals surface area (Å²) in [4.78, 5) is 11.1. The molecule has 16 aromatic rings.